The van der Waals surface area contributed by atoms with Gasteiger partial charge in [-0.3, -0.25) is 0 Å². The average Bonchev–Trinajstić information content (AvgIpc) is 2.22. The zero-order valence-electron chi connectivity index (χ0n) is 10.8. The molecule has 0 aromatic heterocycles. The van der Waals surface area contributed by atoms with Gasteiger partial charge in [-0.15, -0.1) is 0 Å². The molecule has 0 rings (SSSR count). The van der Waals surface area contributed by atoms with E-state index in [1.165, 1.54) is 6.42 Å². The van der Waals surface area contributed by atoms with Crippen molar-refractivity contribution in [3.05, 3.63) is 0 Å². The Hall–Kier alpha value is -0.0800. The Morgan fingerprint density at radius 1 is 0.636 bits per heavy atom. The van der Waals surface area contributed by atoms with Gasteiger partial charge in [0.05, 0.1) is 6.10 Å². The fraction of sp³-hybridized carbons (Fsp3) is 1.00. The first-order valence-corrected chi connectivity index (χ1v) is 5.67. The molecular formula is C20H60O2. The molecule has 0 aromatic rings. The van der Waals surface area contributed by atoms with E-state index in [0.717, 1.165) is 25.4 Å². The van der Waals surface area contributed by atoms with Gasteiger partial charge >= 0.3 is 0 Å². The van der Waals surface area contributed by atoms with Gasteiger partial charge in [0.15, 0.2) is 0 Å². The second-order valence-electron chi connectivity index (χ2n) is 3.64. The van der Waals surface area contributed by atoms with Gasteiger partial charge in [0.25, 0.3) is 0 Å². The fourth-order valence-corrected chi connectivity index (χ4v) is 1.02. The number of hydrogen-bond donors (Lipinski definition) is 0. The summed E-state index contributed by atoms with van der Waals surface area (Å²) in [5.74, 6) is 0.727. The van der Waals surface area contributed by atoms with Crippen LogP contribution in [0.2, 0.25) is 0 Å². The lowest BCUT2D eigenvalue weighted by atomic mass is 10.1. The van der Waals surface area contributed by atoms with Gasteiger partial charge in [0.1, 0.15) is 0 Å². The van der Waals surface area contributed by atoms with Gasteiger partial charge in [0, 0.05) is 20.8 Å². The maximum Gasteiger partial charge on any atom is 0.0566 e. The summed E-state index contributed by atoms with van der Waals surface area (Å²) in [5, 5.41) is 0. The predicted molar refractivity (Wildman–Crippen MR) is 117 cm³/mol. The molecule has 1 atom stereocenters. The minimum absolute atomic E-state index is 0. The highest BCUT2D eigenvalue weighted by Crippen LogP contribution is 1.99. The lowest BCUT2D eigenvalue weighted by molar-refractivity contribution is 0.0964. The van der Waals surface area contributed by atoms with Crippen LogP contribution in [0.15, 0.2) is 0 Å². The van der Waals surface area contributed by atoms with Crippen LogP contribution >= 0.6 is 0 Å². The van der Waals surface area contributed by atoms with Crippen molar-refractivity contribution in [3.8, 4) is 0 Å². The van der Waals surface area contributed by atoms with Crippen LogP contribution in [0.25, 0.3) is 0 Å². The average molecular weight is 333 g/mol. The maximum absolute atomic E-state index is 5.05. The quantitative estimate of drug-likeness (QED) is 0.484. The van der Waals surface area contributed by atoms with Crippen molar-refractivity contribution < 1.29 is 9.47 Å². The van der Waals surface area contributed by atoms with Crippen molar-refractivity contribution in [2.75, 3.05) is 20.8 Å². The third-order valence-corrected chi connectivity index (χ3v) is 2.39. The lowest BCUT2D eigenvalue weighted by Crippen LogP contribution is -2.05. The lowest BCUT2D eigenvalue weighted by Gasteiger charge is -2.07. The van der Waals surface area contributed by atoms with Gasteiger partial charge in [-0.1, -0.05) is 93.5 Å². The molecule has 0 fully saturated rings. The molecule has 0 N–H and O–H groups in total. The zero-order chi connectivity index (χ0) is 11.4. The maximum atomic E-state index is 5.05. The molecule has 0 aliphatic carbocycles. The minimum Gasteiger partial charge on any atom is -0.384 e. The Morgan fingerprint density at radius 3 is 1.00 bits per heavy atom. The summed E-state index contributed by atoms with van der Waals surface area (Å²) >= 11 is 0. The van der Waals surface area contributed by atoms with Gasteiger partial charge in [-0.25, -0.2) is 0 Å². The van der Waals surface area contributed by atoms with E-state index in [1.54, 1.807) is 14.2 Å². The fourth-order valence-electron chi connectivity index (χ4n) is 1.02. The zero-order valence-corrected chi connectivity index (χ0v) is 10.8. The molecule has 152 valence electrons. The molecule has 0 bridgehead atoms. The van der Waals surface area contributed by atoms with E-state index >= 15 is 0 Å². The second kappa shape index (κ2) is 58.4. The van der Waals surface area contributed by atoms with Crippen molar-refractivity contribution in [2.45, 2.75) is 112 Å². The van der Waals surface area contributed by atoms with Crippen molar-refractivity contribution in [2.24, 2.45) is 5.92 Å². The molecule has 0 saturated carbocycles. The van der Waals surface area contributed by atoms with Crippen LogP contribution in [0.3, 0.4) is 0 Å². The standard InChI is InChI=1S/2C6H14O.8CH4/c1-4-6(2)5-7-3;1-4-6(5-2)7-3;;;;;;;;/h2*6H,4-5H2,1-3H3;8*1H4. The van der Waals surface area contributed by atoms with E-state index in [-0.39, 0.29) is 59.4 Å². The first-order valence-electron chi connectivity index (χ1n) is 5.67. The summed E-state index contributed by atoms with van der Waals surface area (Å²) in [7, 11) is 3.50. The summed E-state index contributed by atoms with van der Waals surface area (Å²) in [6.07, 6.45) is 3.97. The monoisotopic (exact) mass is 332 g/mol. The first kappa shape index (κ1) is 67.5. The third-order valence-electron chi connectivity index (χ3n) is 2.39. The molecule has 0 spiro atoms. The molecule has 1 unspecified atom stereocenters. The Labute approximate surface area is 149 Å². The van der Waals surface area contributed by atoms with Crippen LogP contribution in [0.1, 0.15) is 106 Å². The molecule has 0 aromatic carbocycles. The van der Waals surface area contributed by atoms with Crippen LogP contribution in [-0.4, -0.2) is 26.9 Å². The Bertz CT molecular complexity index is 86.2. The van der Waals surface area contributed by atoms with Gasteiger partial charge in [-0.05, 0) is 18.8 Å². The highest BCUT2D eigenvalue weighted by Gasteiger charge is 1.96. The van der Waals surface area contributed by atoms with E-state index in [9.17, 15) is 0 Å². The van der Waals surface area contributed by atoms with Crippen LogP contribution < -0.4 is 0 Å². The minimum atomic E-state index is 0. The number of methoxy groups -OCH3 is 2. The van der Waals surface area contributed by atoms with E-state index in [0.29, 0.717) is 6.10 Å². The highest BCUT2D eigenvalue weighted by atomic mass is 16.5. The second-order valence-corrected chi connectivity index (χ2v) is 3.64. The predicted octanol–water partition coefficient (Wildman–Crippen LogP) is 8.59. The van der Waals surface area contributed by atoms with E-state index in [4.69, 9.17) is 9.47 Å². The van der Waals surface area contributed by atoms with E-state index in [1.807, 2.05) is 0 Å². The normalized spacial score (nSPS) is 7.77. The molecule has 0 aliphatic rings. The van der Waals surface area contributed by atoms with Crippen LogP contribution in [0.4, 0.5) is 0 Å². The molecule has 0 saturated heterocycles. The number of rotatable bonds is 6. The smallest absolute Gasteiger partial charge is 0.0566 e. The van der Waals surface area contributed by atoms with E-state index in [2.05, 4.69) is 27.7 Å². The molecule has 2 nitrogen and oxygen atoms in total. The largest absolute Gasteiger partial charge is 0.384 e. The molecule has 0 heterocycles. The van der Waals surface area contributed by atoms with Crippen molar-refractivity contribution in [1.29, 1.82) is 0 Å². The molecule has 0 aliphatic heterocycles. The molecule has 2 heteroatoms. The summed E-state index contributed by atoms with van der Waals surface area (Å²) in [5.41, 5.74) is 0. The molecule has 0 radical (unpaired) electrons. The number of hydrogen-bond acceptors (Lipinski definition) is 2. The third kappa shape index (κ3) is 59.8. The Morgan fingerprint density at radius 2 is 0.955 bits per heavy atom. The van der Waals surface area contributed by atoms with Crippen LogP contribution in [0.5, 0.6) is 0 Å². The molecule has 0 amide bonds. The van der Waals surface area contributed by atoms with Gasteiger partial charge in [0.2, 0.25) is 0 Å². The van der Waals surface area contributed by atoms with Crippen LogP contribution in [0, 0.1) is 5.92 Å². The highest BCUT2D eigenvalue weighted by molar-refractivity contribution is 4.47. The van der Waals surface area contributed by atoms with E-state index < -0.39 is 0 Å². The summed E-state index contributed by atoms with van der Waals surface area (Å²) in [4.78, 5) is 0. The Balaban J connectivity index is -0.0000000120. The van der Waals surface area contributed by atoms with Gasteiger partial charge < -0.3 is 9.47 Å². The number of ether oxygens (including phenoxy) is 2. The topological polar surface area (TPSA) is 18.5 Å². The van der Waals surface area contributed by atoms with Crippen molar-refractivity contribution >= 4 is 0 Å². The van der Waals surface area contributed by atoms with Crippen molar-refractivity contribution in [1.82, 2.24) is 0 Å². The summed E-state index contributed by atoms with van der Waals surface area (Å²) in [6.45, 7) is 9.53. The Kier molecular flexibility index (Phi) is 179. The van der Waals surface area contributed by atoms with Gasteiger partial charge in [-0.2, -0.15) is 0 Å². The van der Waals surface area contributed by atoms with Crippen LogP contribution in [-0.2, 0) is 9.47 Å². The SMILES string of the molecule is C.C.C.C.C.C.C.C.CCC(C)COC.CCC(CC)OC. The molecule has 22 heavy (non-hydrogen) atoms. The van der Waals surface area contributed by atoms with Crippen molar-refractivity contribution in [3.63, 3.8) is 0 Å². The summed E-state index contributed by atoms with van der Waals surface area (Å²) < 4.78 is 9.94. The summed E-state index contributed by atoms with van der Waals surface area (Å²) in [6, 6.07) is 0. The molecular weight excluding hydrogens is 272 g/mol. The first-order chi connectivity index (χ1) is 6.65.